The molecule has 0 bridgehead atoms. The Morgan fingerprint density at radius 3 is 2.11 bits per heavy atom. The molecule has 0 saturated carbocycles. The summed E-state index contributed by atoms with van der Waals surface area (Å²) in [5.74, 6) is -0.748. The summed E-state index contributed by atoms with van der Waals surface area (Å²) in [6.07, 6.45) is 0.655. The van der Waals surface area contributed by atoms with Gasteiger partial charge in [-0.15, -0.1) is 0 Å². The molecule has 0 aromatic carbocycles. The van der Waals surface area contributed by atoms with Crippen LogP contribution in [0.15, 0.2) is 0 Å². The first-order valence-electron chi connectivity index (χ1n) is 2.98. The molecule has 0 aliphatic carbocycles. The fraction of sp³-hybridized carbons (Fsp3) is 0.833. The van der Waals surface area contributed by atoms with Gasteiger partial charge >= 0.3 is 5.97 Å². The van der Waals surface area contributed by atoms with E-state index in [-0.39, 0.29) is 6.04 Å². The van der Waals surface area contributed by atoms with Crippen LogP contribution in [0.1, 0.15) is 13.3 Å². The molecule has 0 amide bonds. The molecule has 0 aliphatic heterocycles. The zero-order valence-corrected chi connectivity index (χ0v) is 6.09. The first kappa shape index (κ1) is 8.43. The lowest BCUT2D eigenvalue weighted by molar-refractivity contribution is -0.142. The van der Waals surface area contributed by atoms with Gasteiger partial charge in [-0.3, -0.25) is 9.69 Å². The van der Waals surface area contributed by atoms with Gasteiger partial charge in [-0.1, -0.05) is 6.92 Å². The summed E-state index contributed by atoms with van der Waals surface area (Å²) in [6, 6.07) is -0.329. The number of rotatable bonds is 3. The Morgan fingerprint density at radius 2 is 2.11 bits per heavy atom. The summed E-state index contributed by atoms with van der Waals surface area (Å²) < 4.78 is 0. The van der Waals surface area contributed by atoms with Crippen LogP contribution in [-0.4, -0.2) is 36.1 Å². The number of nitrogens with zero attached hydrogens (tertiary/aromatic N) is 1. The van der Waals surface area contributed by atoms with Crippen molar-refractivity contribution in [3.05, 3.63) is 0 Å². The molecule has 0 spiro atoms. The molecule has 3 nitrogen and oxygen atoms in total. The number of carbonyl (C=O) groups is 1. The molecule has 1 atom stereocenters. The van der Waals surface area contributed by atoms with Crippen LogP contribution in [0.3, 0.4) is 0 Å². The molecule has 0 rings (SSSR count). The fourth-order valence-corrected chi connectivity index (χ4v) is 0.761. The second-order valence-corrected chi connectivity index (χ2v) is 2.23. The highest BCUT2D eigenvalue weighted by atomic mass is 16.4. The number of hydrogen-bond donors (Lipinski definition) is 1. The molecule has 0 saturated heterocycles. The summed E-state index contributed by atoms with van der Waals surface area (Å²) in [6.45, 7) is 1.86. The lowest BCUT2D eigenvalue weighted by atomic mass is 10.2. The largest absolute Gasteiger partial charge is 0.480 e. The summed E-state index contributed by atoms with van der Waals surface area (Å²) in [5.41, 5.74) is 0. The minimum absolute atomic E-state index is 0.329. The third-order valence-electron chi connectivity index (χ3n) is 1.30. The molecule has 0 aromatic rings. The molecular formula is C6H13NO2. The second kappa shape index (κ2) is 3.45. The Bertz CT molecular complexity index is 101. The van der Waals surface area contributed by atoms with E-state index in [1.54, 1.807) is 19.0 Å². The second-order valence-electron chi connectivity index (χ2n) is 2.23. The van der Waals surface area contributed by atoms with Crippen LogP contribution in [0, 0.1) is 0 Å². The van der Waals surface area contributed by atoms with Gasteiger partial charge in [0.25, 0.3) is 0 Å². The van der Waals surface area contributed by atoms with E-state index in [2.05, 4.69) is 0 Å². The number of likely N-dealkylation sites (N-methyl/N-ethyl adjacent to an activating group) is 1. The van der Waals surface area contributed by atoms with Crippen molar-refractivity contribution in [2.45, 2.75) is 19.4 Å². The highest BCUT2D eigenvalue weighted by Gasteiger charge is 2.15. The lowest BCUT2D eigenvalue weighted by Crippen LogP contribution is -2.34. The van der Waals surface area contributed by atoms with E-state index in [1.807, 2.05) is 6.92 Å². The predicted octanol–water partition coefficient (Wildman–Crippen LogP) is 0.411. The smallest absolute Gasteiger partial charge is 0.320 e. The van der Waals surface area contributed by atoms with E-state index in [9.17, 15) is 4.79 Å². The van der Waals surface area contributed by atoms with Crippen LogP contribution in [0.25, 0.3) is 0 Å². The van der Waals surface area contributed by atoms with Crippen molar-refractivity contribution in [2.24, 2.45) is 0 Å². The zero-order valence-electron chi connectivity index (χ0n) is 6.09. The molecule has 54 valence electrons. The van der Waals surface area contributed by atoms with Crippen LogP contribution in [0.2, 0.25) is 0 Å². The van der Waals surface area contributed by atoms with Gasteiger partial charge in [0, 0.05) is 0 Å². The Labute approximate surface area is 55.3 Å². The minimum atomic E-state index is -0.748. The van der Waals surface area contributed by atoms with E-state index in [4.69, 9.17) is 5.11 Å². The van der Waals surface area contributed by atoms with Crippen LogP contribution in [0.4, 0.5) is 0 Å². The van der Waals surface area contributed by atoms with Crippen molar-refractivity contribution < 1.29 is 9.90 Å². The van der Waals surface area contributed by atoms with E-state index in [1.165, 1.54) is 0 Å². The quantitative estimate of drug-likeness (QED) is 0.603. The highest BCUT2D eigenvalue weighted by molar-refractivity contribution is 5.73. The van der Waals surface area contributed by atoms with Crippen molar-refractivity contribution in [1.29, 1.82) is 0 Å². The van der Waals surface area contributed by atoms with Gasteiger partial charge in [0.1, 0.15) is 6.04 Å². The number of hydrogen-bond acceptors (Lipinski definition) is 2. The van der Waals surface area contributed by atoms with E-state index >= 15 is 0 Å². The van der Waals surface area contributed by atoms with Crippen LogP contribution in [-0.2, 0) is 4.79 Å². The Hall–Kier alpha value is -0.570. The molecule has 9 heavy (non-hydrogen) atoms. The standard InChI is InChI=1S/C6H13NO2/c1-4-5(6(8)9)7(2)3/h5H,4H2,1-3H3,(H,8,9)/t5-/m0/s1. The first-order valence-corrected chi connectivity index (χ1v) is 2.98. The topological polar surface area (TPSA) is 40.5 Å². The monoisotopic (exact) mass is 131 g/mol. The Balaban J connectivity index is 3.83. The number of carboxylic acid groups (broad SMARTS) is 1. The molecule has 0 aliphatic rings. The maximum Gasteiger partial charge on any atom is 0.320 e. The SMILES string of the molecule is CC[C@@H](C(=O)O)N(C)C. The maximum absolute atomic E-state index is 10.3. The fourth-order valence-electron chi connectivity index (χ4n) is 0.761. The average Bonchev–Trinajstić information content (AvgIpc) is 1.64. The van der Waals surface area contributed by atoms with Gasteiger partial charge in [-0.25, -0.2) is 0 Å². The molecule has 0 radical (unpaired) electrons. The van der Waals surface area contributed by atoms with Gasteiger partial charge in [0.15, 0.2) is 0 Å². The van der Waals surface area contributed by atoms with E-state index in [0.29, 0.717) is 6.42 Å². The number of aliphatic carboxylic acids is 1. The van der Waals surface area contributed by atoms with Crippen LogP contribution < -0.4 is 0 Å². The Kier molecular flexibility index (Phi) is 3.24. The number of carboxylic acids is 1. The summed E-state index contributed by atoms with van der Waals surface area (Å²) >= 11 is 0. The zero-order chi connectivity index (χ0) is 7.44. The van der Waals surface area contributed by atoms with Crippen molar-refractivity contribution in [2.75, 3.05) is 14.1 Å². The first-order chi connectivity index (χ1) is 4.09. The van der Waals surface area contributed by atoms with Gasteiger partial charge in [-0.05, 0) is 20.5 Å². The maximum atomic E-state index is 10.3. The molecule has 0 aromatic heterocycles. The summed E-state index contributed by atoms with van der Waals surface area (Å²) in [5, 5.41) is 8.50. The molecule has 3 heteroatoms. The normalized spacial score (nSPS) is 13.8. The molecular weight excluding hydrogens is 118 g/mol. The van der Waals surface area contributed by atoms with Crippen molar-refractivity contribution >= 4 is 5.97 Å². The van der Waals surface area contributed by atoms with Gasteiger partial charge in [-0.2, -0.15) is 0 Å². The lowest BCUT2D eigenvalue weighted by Gasteiger charge is -2.17. The van der Waals surface area contributed by atoms with Gasteiger partial charge < -0.3 is 5.11 Å². The van der Waals surface area contributed by atoms with E-state index < -0.39 is 5.97 Å². The molecule has 0 unspecified atom stereocenters. The van der Waals surface area contributed by atoms with Crippen molar-refractivity contribution in [1.82, 2.24) is 4.90 Å². The molecule has 0 heterocycles. The molecule has 0 fully saturated rings. The van der Waals surface area contributed by atoms with E-state index in [0.717, 1.165) is 0 Å². The highest BCUT2D eigenvalue weighted by Crippen LogP contribution is 1.97. The summed E-state index contributed by atoms with van der Waals surface area (Å²) in [7, 11) is 3.53. The van der Waals surface area contributed by atoms with Crippen molar-refractivity contribution in [3.8, 4) is 0 Å². The average molecular weight is 131 g/mol. The third kappa shape index (κ3) is 2.46. The van der Waals surface area contributed by atoms with Crippen LogP contribution >= 0.6 is 0 Å². The predicted molar refractivity (Wildman–Crippen MR) is 35.4 cm³/mol. The molecule has 1 N–H and O–H groups in total. The Morgan fingerprint density at radius 1 is 1.67 bits per heavy atom. The third-order valence-corrected chi connectivity index (χ3v) is 1.30. The minimum Gasteiger partial charge on any atom is -0.480 e. The van der Waals surface area contributed by atoms with Crippen molar-refractivity contribution in [3.63, 3.8) is 0 Å². The van der Waals surface area contributed by atoms with Gasteiger partial charge in [0.05, 0.1) is 0 Å². The summed E-state index contributed by atoms with van der Waals surface area (Å²) in [4.78, 5) is 12.0. The van der Waals surface area contributed by atoms with Crippen LogP contribution in [0.5, 0.6) is 0 Å². The van der Waals surface area contributed by atoms with Gasteiger partial charge in [0.2, 0.25) is 0 Å².